The first-order chi connectivity index (χ1) is 10.6. The number of nitrogens with one attached hydrogen (secondary N) is 2. The third kappa shape index (κ3) is 3.77. The molecular weight excluding hydrogens is 331 g/mol. The number of carboxylic acids is 1. The van der Waals surface area contributed by atoms with Crippen molar-refractivity contribution in [1.82, 2.24) is 9.71 Å². The van der Waals surface area contributed by atoms with Crippen molar-refractivity contribution in [1.29, 1.82) is 0 Å². The van der Waals surface area contributed by atoms with Gasteiger partial charge in [0.05, 0.1) is 5.52 Å². The largest absolute Gasteiger partial charge is 0.480 e. The van der Waals surface area contributed by atoms with Gasteiger partial charge < -0.3 is 9.52 Å². The Kier molecular flexibility index (Phi) is 4.57. The van der Waals surface area contributed by atoms with Gasteiger partial charge in [0.2, 0.25) is 10.0 Å². The van der Waals surface area contributed by atoms with Gasteiger partial charge in [0.15, 0.2) is 5.58 Å². The molecule has 10 heteroatoms. The van der Waals surface area contributed by atoms with E-state index < -0.39 is 38.5 Å². The molecule has 0 saturated carbocycles. The van der Waals surface area contributed by atoms with E-state index in [4.69, 9.17) is 5.11 Å². The summed E-state index contributed by atoms with van der Waals surface area (Å²) in [4.78, 5) is 23.6. The lowest BCUT2D eigenvalue weighted by molar-refractivity contribution is -0.139. The summed E-state index contributed by atoms with van der Waals surface area (Å²) in [7, 11) is -4.44. The highest BCUT2D eigenvalue weighted by molar-refractivity contribution is 7.89. The number of aromatic nitrogens is 1. The highest BCUT2D eigenvalue weighted by atomic mass is 32.2. The van der Waals surface area contributed by atoms with Crippen LogP contribution in [0.25, 0.3) is 11.1 Å². The van der Waals surface area contributed by atoms with E-state index in [-0.39, 0.29) is 23.4 Å². The molecule has 3 N–H and O–H groups in total. The summed E-state index contributed by atoms with van der Waals surface area (Å²) >= 11 is 0. The van der Waals surface area contributed by atoms with E-state index in [1.165, 1.54) is 0 Å². The Morgan fingerprint density at radius 2 is 2.09 bits per heavy atom. The monoisotopic (exact) mass is 346 g/mol. The van der Waals surface area contributed by atoms with Crippen LogP contribution in [0, 0.1) is 11.7 Å². The van der Waals surface area contributed by atoms with Gasteiger partial charge in [-0.25, -0.2) is 17.6 Å². The van der Waals surface area contributed by atoms with Gasteiger partial charge in [-0.2, -0.15) is 4.72 Å². The number of benzene rings is 1. The predicted octanol–water partition coefficient (Wildman–Crippen LogP) is 1.04. The van der Waals surface area contributed by atoms with E-state index in [1.807, 2.05) is 4.72 Å². The second-order valence-electron chi connectivity index (χ2n) is 5.43. The fourth-order valence-electron chi connectivity index (χ4n) is 2.08. The number of H-pyrrole nitrogens is 1. The lowest BCUT2D eigenvalue weighted by Gasteiger charge is -2.16. The maximum absolute atomic E-state index is 14.0. The van der Waals surface area contributed by atoms with Gasteiger partial charge in [-0.05, 0) is 12.3 Å². The first kappa shape index (κ1) is 17.2. The molecule has 0 aliphatic rings. The molecule has 1 heterocycles. The minimum absolute atomic E-state index is 0.00316. The Morgan fingerprint density at radius 1 is 1.43 bits per heavy atom. The minimum Gasteiger partial charge on any atom is -0.480 e. The van der Waals surface area contributed by atoms with Crippen LogP contribution in [-0.4, -0.2) is 30.5 Å². The zero-order chi connectivity index (χ0) is 17.4. The van der Waals surface area contributed by atoms with E-state index in [2.05, 4.69) is 9.40 Å². The Hall–Kier alpha value is -2.20. The highest BCUT2D eigenvalue weighted by Crippen LogP contribution is 2.21. The van der Waals surface area contributed by atoms with Crippen LogP contribution in [-0.2, 0) is 14.8 Å². The number of aromatic amines is 1. The van der Waals surface area contributed by atoms with E-state index >= 15 is 0 Å². The average Bonchev–Trinajstić information content (AvgIpc) is 2.75. The molecule has 0 radical (unpaired) electrons. The highest BCUT2D eigenvalue weighted by Gasteiger charge is 2.28. The van der Waals surface area contributed by atoms with Gasteiger partial charge in [0.25, 0.3) is 0 Å². The number of fused-ring (bicyclic) bond motifs is 1. The molecule has 1 unspecified atom stereocenters. The van der Waals surface area contributed by atoms with E-state index in [9.17, 15) is 22.4 Å². The smallest absolute Gasteiger partial charge is 0.417 e. The fraction of sp³-hybridized carbons (Fsp3) is 0.385. The molecule has 0 aliphatic carbocycles. The van der Waals surface area contributed by atoms with Crippen molar-refractivity contribution in [2.75, 3.05) is 0 Å². The van der Waals surface area contributed by atoms with Gasteiger partial charge in [0.1, 0.15) is 16.8 Å². The molecule has 0 saturated heterocycles. The van der Waals surface area contributed by atoms with Crippen LogP contribution in [0.15, 0.2) is 26.2 Å². The van der Waals surface area contributed by atoms with Crippen LogP contribution in [0.3, 0.4) is 0 Å². The number of oxazole rings is 1. The standard InChI is InChI=1S/C13H15FN2O6S/c1-6(2)3-9(12(17)18)16-23(20,21)11-5-10-8(4-7(11)14)15-13(19)22-10/h4-6,9,16H,3H2,1-2H3,(H,15,19)(H,17,18). The molecular formula is C13H15FN2O6S. The first-order valence-electron chi connectivity index (χ1n) is 6.67. The molecule has 0 aliphatic heterocycles. The van der Waals surface area contributed by atoms with E-state index in [1.54, 1.807) is 13.8 Å². The number of carboxylic acid groups (broad SMARTS) is 1. The summed E-state index contributed by atoms with van der Waals surface area (Å²) in [5, 5.41) is 9.09. The van der Waals surface area contributed by atoms with E-state index in [0.29, 0.717) is 0 Å². The van der Waals surface area contributed by atoms with Crippen molar-refractivity contribution in [2.24, 2.45) is 5.92 Å². The maximum Gasteiger partial charge on any atom is 0.417 e. The summed E-state index contributed by atoms with van der Waals surface area (Å²) in [6, 6.07) is 0.236. The number of aliphatic carboxylic acids is 1. The zero-order valence-corrected chi connectivity index (χ0v) is 13.1. The van der Waals surface area contributed by atoms with Crippen LogP contribution < -0.4 is 10.5 Å². The molecule has 1 atom stereocenters. The summed E-state index contributed by atoms with van der Waals surface area (Å²) in [5.74, 6) is -3.44. The van der Waals surface area contributed by atoms with Crippen LogP contribution >= 0.6 is 0 Å². The van der Waals surface area contributed by atoms with E-state index in [0.717, 1.165) is 12.1 Å². The Bertz CT molecular complexity index is 899. The van der Waals surface area contributed by atoms with Gasteiger partial charge in [-0.1, -0.05) is 13.8 Å². The lowest BCUT2D eigenvalue weighted by Crippen LogP contribution is -2.41. The Labute approximate surface area is 130 Å². The van der Waals surface area contributed by atoms with Crippen molar-refractivity contribution in [3.8, 4) is 0 Å². The van der Waals surface area contributed by atoms with Crippen LogP contribution in [0.2, 0.25) is 0 Å². The number of carbonyl (C=O) groups is 1. The molecule has 2 aromatic rings. The molecule has 2 rings (SSSR count). The molecule has 1 aromatic heterocycles. The second kappa shape index (κ2) is 6.13. The Morgan fingerprint density at radius 3 is 2.65 bits per heavy atom. The maximum atomic E-state index is 14.0. The molecule has 0 spiro atoms. The van der Waals surface area contributed by atoms with Crippen LogP contribution in [0.1, 0.15) is 20.3 Å². The first-order valence-corrected chi connectivity index (χ1v) is 8.16. The molecule has 8 nitrogen and oxygen atoms in total. The third-order valence-electron chi connectivity index (χ3n) is 3.07. The number of halogens is 1. The summed E-state index contributed by atoms with van der Waals surface area (Å²) in [6.45, 7) is 3.46. The van der Waals surface area contributed by atoms with Crippen LogP contribution in [0.4, 0.5) is 4.39 Å². The number of hydrogen-bond donors (Lipinski definition) is 3. The summed E-state index contributed by atoms with van der Waals surface area (Å²) < 4.78 is 45.2. The van der Waals surface area contributed by atoms with Crippen molar-refractivity contribution < 1.29 is 27.1 Å². The second-order valence-corrected chi connectivity index (χ2v) is 7.12. The number of sulfonamides is 1. The summed E-state index contributed by atoms with van der Waals surface area (Å²) in [6.07, 6.45) is 0.0393. The van der Waals surface area contributed by atoms with Gasteiger partial charge >= 0.3 is 11.7 Å². The van der Waals surface area contributed by atoms with Crippen molar-refractivity contribution in [2.45, 2.75) is 31.2 Å². The van der Waals surface area contributed by atoms with Gasteiger partial charge in [0, 0.05) is 12.1 Å². The predicted molar refractivity (Wildman–Crippen MR) is 78.0 cm³/mol. The Balaban J connectivity index is 2.44. The number of rotatable bonds is 6. The lowest BCUT2D eigenvalue weighted by atomic mass is 10.1. The number of hydrogen-bond acceptors (Lipinski definition) is 5. The van der Waals surface area contributed by atoms with Crippen LogP contribution in [0.5, 0.6) is 0 Å². The molecule has 23 heavy (non-hydrogen) atoms. The minimum atomic E-state index is -4.44. The SMILES string of the molecule is CC(C)CC(NS(=O)(=O)c1cc2oc(=O)[nH]c2cc1F)C(=O)O. The molecule has 1 aromatic carbocycles. The molecule has 0 fully saturated rings. The van der Waals surface area contributed by atoms with Gasteiger partial charge in [-0.15, -0.1) is 0 Å². The van der Waals surface area contributed by atoms with Crippen molar-refractivity contribution in [3.05, 3.63) is 28.5 Å². The third-order valence-corrected chi connectivity index (χ3v) is 4.55. The molecule has 0 bridgehead atoms. The average molecular weight is 346 g/mol. The zero-order valence-electron chi connectivity index (χ0n) is 12.3. The summed E-state index contributed by atoms with van der Waals surface area (Å²) in [5.41, 5.74) is -0.143. The fourth-order valence-corrected chi connectivity index (χ4v) is 3.36. The normalized spacial score (nSPS) is 13.6. The van der Waals surface area contributed by atoms with Crippen molar-refractivity contribution in [3.63, 3.8) is 0 Å². The molecule has 0 amide bonds. The molecule has 126 valence electrons. The van der Waals surface area contributed by atoms with Crippen molar-refractivity contribution >= 4 is 27.1 Å². The van der Waals surface area contributed by atoms with Gasteiger partial charge in [-0.3, -0.25) is 9.78 Å². The quantitative estimate of drug-likeness (QED) is 0.716. The topological polar surface area (TPSA) is 129 Å².